The van der Waals surface area contributed by atoms with Crippen LogP contribution in [0.3, 0.4) is 0 Å². The Bertz CT molecular complexity index is 2420. The van der Waals surface area contributed by atoms with Gasteiger partial charge in [0.05, 0.1) is 0 Å². The van der Waals surface area contributed by atoms with E-state index in [0.717, 1.165) is 154 Å². The molecule has 10 heteroatoms. The molecule has 0 amide bonds. The summed E-state index contributed by atoms with van der Waals surface area (Å²) in [4.78, 5) is 0. The smallest absolute Gasteiger partial charge is 0.0126 e. The van der Waals surface area contributed by atoms with E-state index in [-0.39, 0.29) is 5.54 Å². The molecule has 0 aromatic heterocycles. The molecule has 10 aliphatic carbocycles. The Morgan fingerprint density at radius 1 is 0.285 bits per heavy atom. The zero-order valence-electron chi connectivity index (χ0n) is 100. The minimum Gasteiger partial charge on any atom is -0.330 e. The molecule has 0 aromatic carbocycles. The van der Waals surface area contributed by atoms with Gasteiger partial charge in [-0.2, -0.15) is 0 Å². The maximum Gasteiger partial charge on any atom is 0.0126 e. The molecular formula is C127H268N10. The summed E-state index contributed by atoms with van der Waals surface area (Å²) in [6.07, 6.45) is 78.4. The van der Waals surface area contributed by atoms with Crippen molar-refractivity contribution in [2.24, 2.45) is 209 Å². The fourth-order valence-electron chi connectivity index (χ4n) is 26.4. The Morgan fingerprint density at radius 3 is 0.832 bits per heavy atom. The van der Waals surface area contributed by atoms with E-state index in [2.05, 4.69) is 228 Å². The Balaban J connectivity index is 0. The van der Waals surface area contributed by atoms with Gasteiger partial charge in [0.15, 0.2) is 0 Å². The number of hydrogen-bond donors (Lipinski definition) is 10. The summed E-state index contributed by atoms with van der Waals surface area (Å²) in [6.45, 7) is 78.3. The van der Waals surface area contributed by atoms with Crippen molar-refractivity contribution >= 4 is 0 Å². The SMILES string of the molecule is CC(C)C(C)(C)C1CCC(C)(N)CC1.CC(C)CC1(CC(C)C)CC1.CC(C)CC1(CC(C)C)CCC1.CC(C)CC1(CN)CCCCC1.CC(C)CC1CCC(N)CC1.CC(C)CC1CCC(N)CC1.CC(C)CC1CCCC(N)C1.CC(C)C[C@@H]1CCC[C@@H](N)C1.CC(C)C[C@@H]1CCC[C@H](N)C1.CC(C)C[C@H]1CCC[C@@H](N)C1.CCC[C@H](N)CCCC(C)C.CC[C@H](CCCN)CC(C)C. The molecule has 2 unspecified atom stereocenters. The predicted octanol–water partition coefficient (Wildman–Crippen LogP) is 35.7. The van der Waals surface area contributed by atoms with Crippen molar-refractivity contribution in [3.05, 3.63) is 0 Å². The topological polar surface area (TPSA) is 260 Å². The van der Waals surface area contributed by atoms with Crippen molar-refractivity contribution in [3.8, 4) is 0 Å². The second-order valence-corrected chi connectivity index (χ2v) is 56.2. The van der Waals surface area contributed by atoms with Gasteiger partial charge in [-0.15, -0.1) is 0 Å². The van der Waals surface area contributed by atoms with Crippen LogP contribution in [0.25, 0.3) is 0 Å². The maximum atomic E-state index is 6.16. The van der Waals surface area contributed by atoms with Gasteiger partial charge in [-0.1, -0.05) is 324 Å². The highest BCUT2D eigenvalue weighted by Crippen LogP contribution is 2.55. The van der Waals surface area contributed by atoms with Gasteiger partial charge in [0, 0.05) is 47.8 Å². The molecule has 20 N–H and O–H groups in total. The van der Waals surface area contributed by atoms with Crippen LogP contribution in [0, 0.1) is 152 Å². The molecule has 10 nitrogen and oxygen atoms in total. The third-order valence-corrected chi connectivity index (χ3v) is 33.7. The normalized spacial score (nSPS) is 27.2. The Kier molecular flexibility index (Phi) is 79.7. The average Bonchev–Trinajstić information content (AvgIpc) is 1.66. The fourth-order valence-corrected chi connectivity index (χ4v) is 26.4. The minimum atomic E-state index is 0.115. The Hall–Kier alpha value is -0.400. The largest absolute Gasteiger partial charge is 0.330 e. The van der Waals surface area contributed by atoms with E-state index < -0.39 is 0 Å². The summed E-state index contributed by atoms with van der Waals surface area (Å²) in [5.41, 5.74) is 61.3. The molecule has 0 aliphatic heterocycles. The lowest BCUT2D eigenvalue weighted by Crippen LogP contribution is -2.43. The second kappa shape index (κ2) is 78.8. The molecular weight excluding hydrogens is 1670 g/mol. The molecule has 10 aliphatic rings. The van der Waals surface area contributed by atoms with E-state index in [9.17, 15) is 0 Å². The maximum absolute atomic E-state index is 6.16. The molecule has 0 radical (unpaired) electrons. The van der Waals surface area contributed by atoms with Crippen molar-refractivity contribution < 1.29 is 0 Å². The molecule has 0 spiro atoms. The van der Waals surface area contributed by atoms with Crippen molar-refractivity contribution in [1.29, 1.82) is 0 Å². The van der Waals surface area contributed by atoms with Gasteiger partial charge in [-0.25, -0.2) is 0 Å². The van der Waals surface area contributed by atoms with E-state index in [1.54, 1.807) is 0 Å². The van der Waals surface area contributed by atoms with Crippen LogP contribution in [0.4, 0.5) is 0 Å². The standard InChI is InChI=1S/C13H27N.C12H24.C11H23N.C11H22.6C10H21N.2C10H23N/c1-10(2)12(3,4)11-6-8-13(5,14)9-7-11;1-10(2)8-12(6-5-7-12)9-11(3)4;1-10(2)8-11(9-12)6-4-3-5-7-11;1-9(2)7-11(5-6-11)8-10(3)4;2*1-8(2)7-9-3-5-10(11)6-4-9;4*1-8(2)6-9-4-3-5-10(11)7-9;1-4-10(6-5-7-11)8-9(2)3;1-4-6-10(11)8-5-7-9(2)3/h10-11H,6-9,14H2,1-5H3;10-11H,5-9H2,1-4H3;10H,3-9,12H2,1-2H3;9-10H,5-8H2,1-4H3;6*8-10H,3-7,11H2,1-2H3;2*9-10H,4-8,11H2,1-3H3/t;;;;;;9-,10+;2*9-,10-;;2*10-/m......010.10/s1. The highest BCUT2D eigenvalue weighted by atomic mass is 14.7. The lowest BCUT2D eigenvalue weighted by Gasteiger charge is -2.44. The number of hydrogen-bond acceptors (Lipinski definition) is 10. The summed E-state index contributed by atoms with van der Waals surface area (Å²) in [7, 11) is 0. The molecule has 10 fully saturated rings. The molecule has 0 heterocycles. The van der Waals surface area contributed by atoms with Crippen LogP contribution in [0.2, 0.25) is 0 Å². The lowest BCUT2D eigenvalue weighted by atomic mass is 9.61. The van der Waals surface area contributed by atoms with Crippen LogP contribution in [-0.4, -0.2) is 60.9 Å². The molecule has 0 bridgehead atoms. The van der Waals surface area contributed by atoms with Crippen molar-refractivity contribution in [3.63, 3.8) is 0 Å². The van der Waals surface area contributed by atoms with Crippen LogP contribution in [0.15, 0.2) is 0 Å². The average molecular weight is 1940 g/mol. The first-order valence-corrected chi connectivity index (χ1v) is 61.5. The molecule has 10 saturated carbocycles. The quantitative estimate of drug-likeness (QED) is 0.0281. The van der Waals surface area contributed by atoms with Gasteiger partial charge in [-0.05, 0) is 442 Å². The van der Waals surface area contributed by atoms with E-state index in [1.807, 2.05) is 0 Å². The van der Waals surface area contributed by atoms with Gasteiger partial charge < -0.3 is 57.3 Å². The molecule has 10 rings (SSSR count). The van der Waals surface area contributed by atoms with Crippen molar-refractivity contribution in [2.75, 3.05) is 13.1 Å². The summed E-state index contributed by atoms with van der Waals surface area (Å²) in [5.74, 6) is 19.5. The zero-order valence-corrected chi connectivity index (χ0v) is 100. The molecule has 826 valence electrons. The number of nitrogens with two attached hydrogens (primary N) is 10. The van der Waals surface area contributed by atoms with Crippen LogP contribution in [-0.2, 0) is 0 Å². The Labute approximate surface area is 865 Å². The van der Waals surface area contributed by atoms with Gasteiger partial charge >= 0.3 is 0 Å². The van der Waals surface area contributed by atoms with Gasteiger partial charge in [0.1, 0.15) is 0 Å². The fraction of sp³-hybridized carbons (Fsp3) is 1.00. The summed E-state index contributed by atoms with van der Waals surface area (Å²) in [5, 5.41) is 0. The van der Waals surface area contributed by atoms with Crippen LogP contribution in [0.1, 0.15) is 601 Å². The van der Waals surface area contributed by atoms with Crippen molar-refractivity contribution in [2.45, 2.75) is 649 Å². The van der Waals surface area contributed by atoms with Crippen LogP contribution >= 0.6 is 0 Å². The highest BCUT2D eigenvalue weighted by Gasteiger charge is 2.43. The predicted molar refractivity (Wildman–Crippen MR) is 622 cm³/mol. The molecule has 0 aromatic rings. The van der Waals surface area contributed by atoms with E-state index in [0.29, 0.717) is 53.1 Å². The summed E-state index contributed by atoms with van der Waals surface area (Å²) < 4.78 is 0. The van der Waals surface area contributed by atoms with Crippen LogP contribution < -0.4 is 57.3 Å². The third-order valence-electron chi connectivity index (χ3n) is 33.7. The highest BCUT2D eigenvalue weighted by molar-refractivity contribution is 4.95. The van der Waals surface area contributed by atoms with Gasteiger partial charge in [0.2, 0.25) is 0 Å². The lowest BCUT2D eigenvalue weighted by molar-refractivity contribution is 0.0717. The Morgan fingerprint density at radius 2 is 0.591 bits per heavy atom. The van der Waals surface area contributed by atoms with Crippen molar-refractivity contribution in [1.82, 2.24) is 0 Å². The summed E-state index contributed by atoms with van der Waals surface area (Å²) >= 11 is 0. The molecule has 137 heavy (non-hydrogen) atoms. The first-order chi connectivity index (χ1) is 64.0. The zero-order chi connectivity index (χ0) is 105. The minimum absolute atomic E-state index is 0.115. The molecule has 0 saturated heterocycles. The second-order valence-electron chi connectivity index (χ2n) is 56.2. The van der Waals surface area contributed by atoms with Gasteiger partial charge in [-0.3, -0.25) is 0 Å². The first kappa shape index (κ1) is 139. The van der Waals surface area contributed by atoms with Crippen LogP contribution in [0.5, 0.6) is 0 Å². The first-order valence-electron chi connectivity index (χ1n) is 61.5. The van der Waals surface area contributed by atoms with E-state index >= 15 is 0 Å². The third kappa shape index (κ3) is 76.7. The monoisotopic (exact) mass is 1930 g/mol. The van der Waals surface area contributed by atoms with E-state index in [1.165, 1.54) is 372 Å². The number of rotatable bonds is 37. The van der Waals surface area contributed by atoms with Gasteiger partial charge in [0.25, 0.3) is 0 Å². The molecule has 10 atom stereocenters. The summed E-state index contributed by atoms with van der Waals surface area (Å²) in [6, 6.07) is 3.51. The van der Waals surface area contributed by atoms with E-state index in [4.69, 9.17) is 57.3 Å².